The van der Waals surface area contributed by atoms with E-state index in [0.717, 1.165) is 5.56 Å². The zero-order valence-electron chi connectivity index (χ0n) is 8.50. The van der Waals surface area contributed by atoms with Gasteiger partial charge in [-0.2, -0.15) is 0 Å². The van der Waals surface area contributed by atoms with Gasteiger partial charge in [0.05, 0.1) is 4.83 Å². The van der Waals surface area contributed by atoms with Crippen LogP contribution in [0.4, 0.5) is 0 Å². The molecule has 0 saturated carbocycles. The van der Waals surface area contributed by atoms with E-state index in [0.29, 0.717) is 0 Å². The second-order valence-corrected chi connectivity index (χ2v) is 4.82. The van der Waals surface area contributed by atoms with Crippen LogP contribution in [-0.4, -0.2) is 4.83 Å². The summed E-state index contributed by atoms with van der Waals surface area (Å²) in [6.45, 7) is 2.02. The molecule has 15 heavy (non-hydrogen) atoms. The Hall–Kier alpha value is -1.26. The molecule has 2 aromatic carbocycles. The molecule has 74 valence electrons. The fourth-order valence-electron chi connectivity index (χ4n) is 1.45. The molecule has 0 N–H and O–H groups in total. The molecule has 2 aromatic rings. The number of hydrogen-bond acceptors (Lipinski definition) is 0. The highest BCUT2D eigenvalue weighted by atomic mass is 79.9. The highest BCUT2D eigenvalue weighted by Gasteiger charge is 1.93. The molecule has 0 aliphatic heterocycles. The van der Waals surface area contributed by atoms with E-state index in [-0.39, 0.29) is 4.83 Å². The molecule has 1 unspecified atom stereocenters. The molecule has 1 heteroatoms. The van der Waals surface area contributed by atoms with Gasteiger partial charge in [-0.15, -0.1) is 0 Å². The molecule has 0 nitrogen and oxygen atoms in total. The first-order chi connectivity index (χ1) is 7.25. The fourth-order valence-corrected chi connectivity index (χ4v) is 1.56. The van der Waals surface area contributed by atoms with Crippen molar-refractivity contribution in [2.75, 3.05) is 0 Å². The molecule has 0 aliphatic rings. The summed E-state index contributed by atoms with van der Waals surface area (Å²) in [7, 11) is 0. The molecule has 0 amide bonds. The van der Waals surface area contributed by atoms with E-state index < -0.39 is 0 Å². The summed E-state index contributed by atoms with van der Waals surface area (Å²) in [5.41, 5.74) is 1.07. The van der Waals surface area contributed by atoms with Crippen LogP contribution >= 0.6 is 15.9 Å². The van der Waals surface area contributed by atoms with Gasteiger partial charge in [-0.1, -0.05) is 58.1 Å². The van der Waals surface area contributed by atoms with E-state index in [9.17, 15) is 0 Å². The van der Waals surface area contributed by atoms with Gasteiger partial charge in [-0.3, -0.25) is 0 Å². The van der Waals surface area contributed by atoms with Crippen LogP contribution in [0.1, 0.15) is 12.5 Å². The molecule has 0 saturated heterocycles. The van der Waals surface area contributed by atoms with Gasteiger partial charge in [0.2, 0.25) is 0 Å². The van der Waals surface area contributed by atoms with Crippen molar-refractivity contribution < 1.29 is 0 Å². The summed E-state index contributed by atoms with van der Waals surface area (Å²) in [6, 6.07) is 14.6. The number of halogens is 1. The second-order valence-electron chi connectivity index (χ2n) is 3.45. The maximum absolute atomic E-state index is 3.41. The summed E-state index contributed by atoms with van der Waals surface area (Å²) in [5.74, 6) is 6.23. The van der Waals surface area contributed by atoms with Gasteiger partial charge in [0.15, 0.2) is 0 Å². The smallest absolute Gasteiger partial charge is 0.0730 e. The molecule has 2 rings (SSSR count). The minimum Gasteiger partial charge on any atom is -0.0832 e. The third-order valence-corrected chi connectivity index (χ3v) is 2.39. The monoisotopic (exact) mass is 258 g/mol. The quantitative estimate of drug-likeness (QED) is 0.496. The van der Waals surface area contributed by atoms with Gasteiger partial charge in [-0.25, -0.2) is 0 Å². The minimum atomic E-state index is 0.240. The summed E-state index contributed by atoms with van der Waals surface area (Å²) in [4.78, 5) is 0.240. The van der Waals surface area contributed by atoms with E-state index in [2.05, 4.69) is 58.1 Å². The molecule has 1 atom stereocenters. The first-order valence-electron chi connectivity index (χ1n) is 4.90. The van der Waals surface area contributed by atoms with E-state index >= 15 is 0 Å². The van der Waals surface area contributed by atoms with E-state index in [1.165, 1.54) is 10.8 Å². The fraction of sp³-hybridized carbons (Fsp3) is 0.143. The zero-order valence-corrected chi connectivity index (χ0v) is 10.1. The second kappa shape index (κ2) is 4.51. The lowest BCUT2D eigenvalue weighted by Gasteiger charge is -1.97. The van der Waals surface area contributed by atoms with E-state index in [1.54, 1.807) is 0 Å². The molecule has 0 fully saturated rings. The summed E-state index contributed by atoms with van der Waals surface area (Å²) in [6.07, 6.45) is 0. The average Bonchev–Trinajstić information content (AvgIpc) is 2.26. The Bertz CT molecular complexity index is 530. The van der Waals surface area contributed by atoms with Gasteiger partial charge in [0.25, 0.3) is 0 Å². The largest absolute Gasteiger partial charge is 0.0832 e. The Morgan fingerprint density at radius 2 is 1.80 bits per heavy atom. The predicted molar refractivity (Wildman–Crippen MR) is 69.2 cm³/mol. The van der Waals surface area contributed by atoms with Crippen LogP contribution in [0.3, 0.4) is 0 Å². The highest BCUT2D eigenvalue weighted by Crippen LogP contribution is 2.14. The van der Waals surface area contributed by atoms with Crippen LogP contribution in [0.15, 0.2) is 42.5 Å². The van der Waals surface area contributed by atoms with Crippen molar-refractivity contribution >= 4 is 26.7 Å². The lowest BCUT2D eigenvalue weighted by Crippen LogP contribution is -1.82. The molecule has 0 heterocycles. The Balaban J connectivity index is 2.44. The topological polar surface area (TPSA) is 0 Å². The first kappa shape index (κ1) is 10.3. The maximum atomic E-state index is 3.41. The van der Waals surface area contributed by atoms with Crippen LogP contribution < -0.4 is 0 Å². The minimum absolute atomic E-state index is 0.240. The molecule has 0 radical (unpaired) electrons. The molecular weight excluding hydrogens is 248 g/mol. The molecule has 0 bridgehead atoms. The Labute approximate surface area is 98.4 Å². The summed E-state index contributed by atoms with van der Waals surface area (Å²) >= 11 is 3.41. The van der Waals surface area contributed by atoms with Crippen LogP contribution in [0.2, 0.25) is 0 Å². The van der Waals surface area contributed by atoms with Crippen molar-refractivity contribution in [1.82, 2.24) is 0 Å². The highest BCUT2D eigenvalue weighted by molar-refractivity contribution is 9.09. The van der Waals surface area contributed by atoms with Crippen molar-refractivity contribution in [3.05, 3.63) is 48.0 Å². The van der Waals surface area contributed by atoms with Gasteiger partial charge < -0.3 is 0 Å². The van der Waals surface area contributed by atoms with Crippen LogP contribution in [0, 0.1) is 11.8 Å². The predicted octanol–water partition coefficient (Wildman–Crippen LogP) is 3.97. The molecule has 0 aromatic heterocycles. The SMILES string of the molecule is CC(Br)C#Cc1ccc2ccccc2c1. The van der Waals surface area contributed by atoms with E-state index in [1.807, 2.05) is 19.1 Å². The van der Waals surface area contributed by atoms with Gasteiger partial charge in [0.1, 0.15) is 0 Å². The zero-order chi connectivity index (χ0) is 10.7. The van der Waals surface area contributed by atoms with Crippen LogP contribution in [0.5, 0.6) is 0 Å². The Kier molecular flexibility index (Phi) is 3.08. The standard InChI is InChI=1S/C14H11Br/c1-11(15)6-7-12-8-9-13-4-2-3-5-14(13)10-12/h2-5,8-11H,1H3. The van der Waals surface area contributed by atoms with Crippen molar-refractivity contribution in [2.24, 2.45) is 0 Å². The lowest BCUT2D eigenvalue weighted by atomic mass is 10.1. The van der Waals surface area contributed by atoms with Crippen LogP contribution in [0.25, 0.3) is 10.8 Å². The molecular formula is C14H11Br. The van der Waals surface area contributed by atoms with Gasteiger partial charge in [-0.05, 0) is 29.8 Å². The number of benzene rings is 2. The third kappa shape index (κ3) is 2.61. The number of rotatable bonds is 0. The Morgan fingerprint density at radius 1 is 1.07 bits per heavy atom. The van der Waals surface area contributed by atoms with E-state index in [4.69, 9.17) is 0 Å². The first-order valence-corrected chi connectivity index (χ1v) is 5.82. The van der Waals surface area contributed by atoms with Crippen molar-refractivity contribution in [3.8, 4) is 11.8 Å². The molecule has 0 spiro atoms. The maximum Gasteiger partial charge on any atom is 0.0730 e. The van der Waals surface area contributed by atoms with Crippen molar-refractivity contribution in [3.63, 3.8) is 0 Å². The third-order valence-electron chi connectivity index (χ3n) is 2.16. The average molecular weight is 259 g/mol. The Morgan fingerprint density at radius 3 is 2.53 bits per heavy atom. The number of fused-ring (bicyclic) bond motifs is 1. The lowest BCUT2D eigenvalue weighted by molar-refractivity contribution is 1.33. The van der Waals surface area contributed by atoms with Gasteiger partial charge >= 0.3 is 0 Å². The number of hydrogen-bond donors (Lipinski definition) is 0. The normalized spacial score (nSPS) is 11.9. The van der Waals surface area contributed by atoms with Crippen molar-refractivity contribution in [2.45, 2.75) is 11.8 Å². The van der Waals surface area contributed by atoms with Crippen LogP contribution in [-0.2, 0) is 0 Å². The molecule has 0 aliphatic carbocycles. The number of alkyl halides is 1. The van der Waals surface area contributed by atoms with Crippen molar-refractivity contribution in [1.29, 1.82) is 0 Å². The van der Waals surface area contributed by atoms with Gasteiger partial charge in [0, 0.05) is 5.56 Å². The summed E-state index contributed by atoms with van der Waals surface area (Å²) < 4.78 is 0. The summed E-state index contributed by atoms with van der Waals surface area (Å²) in [5, 5.41) is 2.50.